The maximum absolute atomic E-state index is 13.8. The number of nitrogens with one attached hydrogen (secondary N) is 4. The summed E-state index contributed by atoms with van der Waals surface area (Å²) in [6.07, 6.45) is -0.327. The van der Waals surface area contributed by atoms with Gasteiger partial charge in [-0.1, -0.05) is 23.9 Å². The van der Waals surface area contributed by atoms with Crippen LogP contribution >= 0.6 is 23.5 Å². The van der Waals surface area contributed by atoms with E-state index in [2.05, 4.69) is 21.0 Å². The van der Waals surface area contributed by atoms with E-state index in [-0.39, 0.29) is 106 Å². The Morgan fingerprint density at radius 3 is 2.33 bits per heavy atom. The summed E-state index contributed by atoms with van der Waals surface area (Å²) in [5.74, 6) is -5.27. The summed E-state index contributed by atoms with van der Waals surface area (Å²) < 4.78 is 30.2. The third-order valence-electron chi connectivity index (χ3n) is 8.29. The number of hydrogen-bond acceptors (Lipinski definition) is 18. The molecule has 0 saturated carbocycles. The number of rotatable bonds is 13. The molecular formula is C29H30N10Na2O14S3. The molecule has 3 aliphatic rings. The van der Waals surface area contributed by atoms with Crippen molar-refractivity contribution in [3.8, 4) is 0 Å². The number of H-pyrrole nitrogens is 1. The van der Waals surface area contributed by atoms with Crippen molar-refractivity contribution in [2.75, 3.05) is 42.8 Å². The first-order valence-corrected chi connectivity index (χ1v) is 19.7. The molecule has 0 spiro atoms. The Balaban J connectivity index is 0.00000450. The van der Waals surface area contributed by atoms with Crippen molar-refractivity contribution in [2.45, 2.75) is 28.7 Å². The molecule has 6 N–H and O–H groups in total. The third-order valence-corrected chi connectivity index (χ3v) is 11.9. The zero-order chi connectivity index (χ0) is 41.2. The number of β-lactam (4-membered cyclic amide) rings is 1. The van der Waals surface area contributed by atoms with Crippen LogP contribution in [0.3, 0.4) is 0 Å². The van der Waals surface area contributed by atoms with Gasteiger partial charge in [-0.25, -0.2) is 37.1 Å². The van der Waals surface area contributed by atoms with E-state index >= 15 is 0 Å². The summed E-state index contributed by atoms with van der Waals surface area (Å²) in [6, 6.07) is -1.89. The minimum absolute atomic E-state index is 0. The fourth-order valence-corrected chi connectivity index (χ4v) is 8.62. The first-order valence-electron chi connectivity index (χ1n) is 15.9. The minimum atomic E-state index is -4.04. The average Bonchev–Trinajstić information content (AvgIpc) is 3.55. The SMILES string of the molecule is Cn1c(SCC2=C(C(=O)[O-])N3C(=O)[C@@H](NC(=O)[C@H](NC(=O)N4CCN(S(C)(=O)=O)C4=O)c4ccc(NC(=O)OC[C@@H](N)C(=O)[O-])cc4)[C@@H]3SC2)n[nH]c(=O)c1=O.[Na+].[Na+]. The van der Waals surface area contributed by atoms with Gasteiger partial charge in [0.15, 0.2) is 5.16 Å². The topological polar surface area (TPSA) is 349 Å². The quantitative estimate of drug-likeness (QED) is 0.0540. The number of carbonyl (C=O) groups excluding carboxylic acids is 7. The van der Waals surface area contributed by atoms with Crippen molar-refractivity contribution < 1.29 is 116 Å². The van der Waals surface area contributed by atoms with Gasteiger partial charge in [0.2, 0.25) is 15.9 Å². The molecule has 1 aromatic carbocycles. The number of nitrogens with two attached hydrogens (primary N) is 1. The first kappa shape index (κ1) is 48.4. The Morgan fingerprint density at radius 2 is 1.74 bits per heavy atom. The molecule has 2 saturated heterocycles. The molecule has 24 nitrogen and oxygen atoms in total. The number of anilines is 1. The van der Waals surface area contributed by atoms with Crippen LogP contribution in [-0.4, -0.2) is 134 Å². The van der Waals surface area contributed by atoms with Gasteiger partial charge in [0, 0.05) is 24.2 Å². The number of thioether (sulfide) groups is 2. The van der Waals surface area contributed by atoms with Crippen LogP contribution in [0.15, 0.2) is 50.3 Å². The summed E-state index contributed by atoms with van der Waals surface area (Å²) in [7, 11) is -2.74. The van der Waals surface area contributed by atoms with Crippen LogP contribution in [0.25, 0.3) is 0 Å². The van der Waals surface area contributed by atoms with Crippen molar-refractivity contribution in [1.82, 2.24) is 39.5 Å². The number of aliphatic carboxylic acids is 2. The van der Waals surface area contributed by atoms with Gasteiger partial charge in [-0.3, -0.25) is 34.0 Å². The third kappa shape index (κ3) is 10.6. The molecule has 3 aliphatic heterocycles. The Labute approximate surface area is 379 Å². The molecule has 58 heavy (non-hydrogen) atoms. The number of fused-ring (bicyclic) bond motifs is 1. The van der Waals surface area contributed by atoms with Crippen LogP contribution in [0.4, 0.5) is 20.1 Å². The number of carbonyl (C=O) groups is 7. The number of sulfonamides is 1. The molecule has 0 bridgehead atoms. The number of amides is 7. The second kappa shape index (κ2) is 19.9. The predicted molar refractivity (Wildman–Crippen MR) is 187 cm³/mol. The van der Waals surface area contributed by atoms with E-state index in [4.69, 9.17) is 10.5 Å². The molecule has 0 radical (unpaired) electrons. The average molecular weight is 885 g/mol. The van der Waals surface area contributed by atoms with E-state index in [1.54, 1.807) is 0 Å². The van der Waals surface area contributed by atoms with Crippen molar-refractivity contribution in [3.05, 3.63) is 61.8 Å². The van der Waals surface area contributed by atoms with Gasteiger partial charge in [-0.15, -0.1) is 16.9 Å². The number of ether oxygens (including phenoxy) is 1. The van der Waals surface area contributed by atoms with Gasteiger partial charge in [0.1, 0.15) is 24.1 Å². The normalized spacial score (nSPS) is 18.4. The molecule has 29 heteroatoms. The molecule has 300 valence electrons. The first-order chi connectivity index (χ1) is 26.3. The number of aromatic amines is 1. The van der Waals surface area contributed by atoms with Crippen LogP contribution in [0.2, 0.25) is 0 Å². The molecule has 1 aromatic heterocycles. The van der Waals surface area contributed by atoms with E-state index in [0.29, 0.717) is 9.21 Å². The molecule has 4 heterocycles. The molecule has 5 rings (SSSR count). The number of carboxylic acid groups (broad SMARTS) is 2. The number of aromatic nitrogens is 3. The predicted octanol–water partition coefficient (Wildman–Crippen LogP) is -11.3. The van der Waals surface area contributed by atoms with E-state index in [1.807, 2.05) is 5.10 Å². The monoisotopic (exact) mass is 884 g/mol. The van der Waals surface area contributed by atoms with Gasteiger partial charge in [-0.2, -0.15) is 0 Å². The maximum Gasteiger partial charge on any atom is 1.00 e. The fourth-order valence-electron chi connectivity index (χ4n) is 5.42. The number of carboxylic acids is 2. The van der Waals surface area contributed by atoms with E-state index in [0.717, 1.165) is 39.2 Å². The summed E-state index contributed by atoms with van der Waals surface area (Å²) >= 11 is 2.00. The van der Waals surface area contributed by atoms with Crippen LogP contribution in [0.1, 0.15) is 11.6 Å². The van der Waals surface area contributed by atoms with Gasteiger partial charge < -0.3 is 40.9 Å². The molecule has 2 aromatic rings. The molecule has 7 amide bonds. The Morgan fingerprint density at radius 1 is 1.09 bits per heavy atom. The molecule has 4 atom stereocenters. The van der Waals surface area contributed by atoms with Crippen molar-refractivity contribution in [3.63, 3.8) is 0 Å². The Hall–Kier alpha value is -3.93. The number of benzene rings is 1. The largest absolute Gasteiger partial charge is 1.00 e. The number of hydrogen-bond donors (Lipinski definition) is 5. The molecule has 0 aliphatic carbocycles. The number of imide groups is 1. The summed E-state index contributed by atoms with van der Waals surface area (Å²) in [6.45, 7) is -1.42. The van der Waals surface area contributed by atoms with Crippen LogP contribution in [-0.2, 0) is 41.0 Å². The van der Waals surface area contributed by atoms with Crippen molar-refractivity contribution in [1.29, 1.82) is 0 Å². The van der Waals surface area contributed by atoms with Crippen LogP contribution in [0.5, 0.6) is 0 Å². The van der Waals surface area contributed by atoms with Gasteiger partial charge >= 0.3 is 88.4 Å². The van der Waals surface area contributed by atoms with Gasteiger partial charge in [-0.05, 0) is 23.3 Å². The zero-order valence-corrected chi connectivity index (χ0v) is 37.4. The Kier molecular flexibility index (Phi) is 16.6. The number of nitrogens with zero attached hydrogens (tertiary/aromatic N) is 5. The molecular weight excluding hydrogens is 855 g/mol. The molecule has 0 unspecified atom stereocenters. The summed E-state index contributed by atoms with van der Waals surface area (Å²) in [5.41, 5.74) is 3.25. The standard InChI is InChI=1S/C29H32N10O14S3.2Na/c1-36-22(43)20(41)34-35-27(36)55-11-13-10-54-23-17(21(42)39(23)18(13)25(46)47)32-19(40)16(33-26(48)37-7-8-38(29(37)50)56(2,51)52)12-3-5-14(6-4-12)31-28(49)53-9-15(30)24(44)45;;/h3-6,15-17,23H,7-11,30H2,1-2H3,(H,31,49)(H,32,40)(H,33,48)(H,34,41)(H,44,45)(H,46,47);;/q;2*+1/p-2/t15-,16-,17-,23+;;/m1../s1. The Bertz CT molecular complexity index is 2270. The van der Waals surface area contributed by atoms with E-state index in [1.165, 1.54) is 31.3 Å². The second-order valence-corrected chi connectivity index (χ2v) is 16.0. The second-order valence-electron chi connectivity index (χ2n) is 12.0. The minimum Gasteiger partial charge on any atom is -0.548 e. The van der Waals surface area contributed by atoms with Gasteiger partial charge in [0.25, 0.3) is 5.91 Å². The molecule has 2 fully saturated rings. The summed E-state index contributed by atoms with van der Waals surface area (Å²) in [5, 5.41) is 35.1. The maximum atomic E-state index is 13.8. The van der Waals surface area contributed by atoms with E-state index in [9.17, 15) is 61.8 Å². The van der Waals surface area contributed by atoms with Crippen LogP contribution in [0, 0.1) is 0 Å². The number of urea groups is 2. The van der Waals surface area contributed by atoms with Crippen LogP contribution < -0.4 is 102 Å². The van der Waals surface area contributed by atoms with Gasteiger partial charge in [0.05, 0.1) is 43.0 Å². The smallest absolute Gasteiger partial charge is 0.548 e. The zero-order valence-electron chi connectivity index (χ0n) is 30.9. The summed E-state index contributed by atoms with van der Waals surface area (Å²) in [4.78, 5) is 113. The van der Waals surface area contributed by atoms with Crippen molar-refractivity contribution >= 4 is 81.1 Å². The van der Waals surface area contributed by atoms with E-state index < -0.39 is 98.9 Å². The fraction of sp³-hybridized carbons (Fsp3) is 0.379. The van der Waals surface area contributed by atoms with Crippen molar-refractivity contribution in [2.24, 2.45) is 12.8 Å².